The quantitative estimate of drug-likeness (QED) is 0.0293. The number of aryl methyl sites for hydroxylation is 2. The minimum atomic E-state index is -0.366. The molecule has 4 heterocycles. The van der Waals surface area contributed by atoms with Crippen LogP contribution in [0.3, 0.4) is 0 Å². The summed E-state index contributed by atoms with van der Waals surface area (Å²) in [5.74, 6) is 1.91. The predicted octanol–water partition coefficient (Wildman–Crippen LogP) is 9.19. The molecule has 69 heavy (non-hydrogen) atoms. The third-order valence-electron chi connectivity index (χ3n) is 14.2. The Morgan fingerprint density at radius 1 is 0.696 bits per heavy atom. The second-order valence-electron chi connectivity index (χ2n) is 18.9. The number of nitrogens with zero attached hydrogens (tertiary/aromatic N) is 2. The number of imide groups is 1. The Kier molecular flexibility index (Phi) is 15.5. The van der Waals surface area contributed by atoms with Crippen LogP contribution in [0.25, 0.3) is 16.5 Å². The molecular formula is C54H62N2O11S2. The molecule has 0 N–H and O–H groups in total. The van der Waals surface area contributed by atoms with Gasteiger partial charge in [-0.1, -0.05) is 75.9 Å². The summed E-state index contributed by atoms with van der Waals surface area (Å²) in [7, 11) is 0. The van der Waals surface area contributed by atoms with Gasteiger partial charge in [-0.15, -0.1) is 0 Å². The zero-order valence-corrected chi connectivity index (χ0v) is 42.1. The zero-order valence-electron chi connectivity index (χ0n) is 40.5. The van der Waals surface area contributed by atoms with E-state index >= 15 is 0 Å². The van der Waals surface area contributed by atoms with Gasteiger partial charge in [0.25, 0.3) is 22.9 Å². The van der Waals surface area contributed by atoms with E-state index < -0.39 is 0 Å². The van der Waals surface area contributed by atoms with E-state index in [9.17, 15) is 28.8 Å². The van der Waals surface area contributed by atoms with Crippen LogP contribution in [0.4, 0.5) is 5.69 Å². The fraction of sp³-hybridized carbons (Fsp3) is 0.481. The first-order valence-corrected chi connectivity index (χ1v) is 26.5. The second-order valence-corrected chi connectivity index (χ2v) is 21.1. The van der Waals surface area contributed by atoms with E-state index in [0.29, 0.717) is 98.1 Å². The highest BCUT2D eigenvalue weighted by Gasteiger charge is 2.56. The van der Waals surface area contributed by atoms with Crippen LogP contribution in [0.15, 0.2) is 91.3 Å². The molecule has 2 amide bonds. The molecule has 3 aromatic rings. The number of aromatic nitrogens is 1. The SMILES string of the molecule is CCCC(CC)(COCC(CC)(CCC)COC(=O)CCSCc1occ2c3c(=O)n(-c4ccc(C)cc4)c(=O)c=3c12)COC(=O)CCSCC1=C2C3=C(C(=O)N(c4ccc(C)cc4)C3=O)C2CO1. The first-order chi connectivity index (χ1) is 33.3. The van der Waals surface area contributed by atoms with Crippen molar-refractivity contribution in [3.63, 3.8) is 0 Å². The molecule has 366 valence electrons. The van der Waals surface area contributed by atoms with Crippen molar-refractivity contribution in [3.8, 4) is 5.69 Å². The molecule has 15 heteroatoms. The maximum atomic E-state index is 13.4. The van der Waals surface area contributed by atoms with Gasteiger partial charge in [-0.25, -0.2) is 9.47 Å². The second kappa shape index (κ2) is 21.3. The van der Waals surface area contributed by atoms with Gasteiger partial charge in [-0.05, 0) is 63.8 Å². The molecule has 0 saturated carbocycles. The fourth-order valence-electron chi connectivity index (χ4n) is 9.95. The Balaban J connectivity index is 0.769. The van der Waals surface area contributed by atoms with Crippen LogP contribution in [0.1, 0.15) is 95.9 Å². The van der Waals surface area contributed by atoms with Gasteiger partial charge in [-0.2, -0.15) is 23.5 Å². The van der Waals surface area contributed by atoms with Crippen LogP contribution in [0.2, 0.25) is 0 Å². The number of furan rings is 1. The summed E-state index contributed by atoms with van der Waals surface area (Å²) in [6.07, 6.45) is 6.91. The Morgan fingerprint density at radius 3 is 1.81 bits per heavy atom. The third-order valence-corrected chi connectivity index (χ3v) is 16.1. The number of amides is 2. The van der Waals surface area contributed by atoms with Gasteiger partial charge in [0.05, 0.1) is 96.9 Å². The molecule has 0 radical (unpaired) electrons. The van der Waals surface area contributed by atoms with E-state index in [-0.39, 0.29) is 77.7 Å². The fourth-order valence-corrected chi connectivity index (χ4v) is 11.7. The Bertz CT molecular complexity index is 2940. The van der Waals surface area contributed by atoms with Crippen molar-refractivity contribution in [1.29, 1.82) is 0 Å². The van der Waals surface area contributed by atoms with Crippen LogP contribution in [0, 0.1) is 41.0 Å². The highest BCUT2D eigenvalue weighted by molar-refractivity contribution is 7.99. The van der Waals surface area contributed by atoms with Gasteiger partial charge in [-0.3, -0.25) is 28.8 Å². The molecule has 3 atom stereocenters. The van der Waals surface area contributed by atoms with E-state index in [0.717, 1.165) is 55.2 Å². The molecule has 3 unspecified atom stereocenters. The molecule has 0 saturated heterocycles. The number of esters is 2. The van der Waals surface area contributed by atoms with Crippen molar-refractivity contribution in [2.75, 3.05) is 55.2 Å². The van der Waals surface area contributed by atoms with Crippen molar-refractivity contribution >= 4 is 63.7 Å². The van der Waals surface area contributed by atoms with Crippen LogP contribution in [-0.4, -0.2) is 78.6 Å². The average molecular weight is 979 g/mol. The number of hydrogen-bond acceptors (Lipinski definition) is 13. The van der Waals surface area contributed by atoms with E-state index in [1.54, 1.807) is 30.5 Å². The summed E-state index contributed by atoms with van der Waals surface area (Å²) in [5.41, 5.74) is 3.59. The predicted molar refractivity (Wildman–Crippen MR) is 268 cm³/mol. The maximum Gasteiger partial charge on any atom is 0.306 e. The van der Waals surface area contributed by atoms with Gasteiger partial charge in [0.2, 0.25) is 0 Å². The maximum absolute atomic E-state index is 13.4. The number of hydrogen-bond donors (Lipinski definition) is 0. The zero-order chi connectivity index (χ0) is 49.0. The molecule has 0 spiro atoms. The number of benzene rings is 2. The molecule has 8 rings (SSSR count). The van der Waals surface area contributed by atoms with Crippen molar-refractivity contribution in [2.24, 2.45) is 16.7 Å². The number of thioether (sulfide) groups is 2. The molecule has 0 bridgehead atoms. The highest BCUT2D eigenvalue weighted by Crippen LogP contribution is 2.52. The lowest BCUT2D eigenvalue weighted by Crippen LogP contribution is -2.37. The first kappa shape index (κ1) is 50.0. The van der Waals surface area contributed by atoms with E-state index in [2.05, 4.69) is 27.7 Å². The van der Waals surface area contributed by atoms with E-state index in [1.807, 2.05) is 38.1 Å². The normalized spacial score (nSPS) is 17.4. The summed E-state index contributed by atoms with van der Waals surface area (Å²) < 4.78 is 31.3. The van der Waals surface area contributed by atoms with Gasteiger partial charge in [0.15, 0.2) is 0 Å². The van der Waals surface area contributed by atoms with Gasteiger partial charge >= 0.3 is 11.9 Å². The lowest BCUT2D eigenvalue weighted by molar-refractivity contribution is -0.152. The number of anilines is 1. The van der Waals surface area contributed by atoms with Crippen molar-refractivity contribution in [1.82, 2.24) is 4.57 Å². The smallest absolute Gasteiger partial charge is 0.306 e. The topological polar surface area (TPSA) is 161 Å². The molecule has 1 aromatic heterocycles. The molecule has 5 aliphatic rings. The van der Waals surface area contributed by atoms with E-state index in [4.69, 9.17) is 23.4 Å². The van der Waals surface area contributed by atoms with Crippen molar-refractivity contribution in [3.05, 3.63) is 125 Å². The lowest BCUT2D eigenvalue weighted by Gasteiger charge is -2.36. The minimum absolute atomic E-state index is 0.190. The molecule has 13 nitrogen and oxygen atoms in total. The number of carbonyl (C=O) groups is 4. The first-order valence-electron chi connectivity index (χ1n) is 24.2. The molecule has 3 aliphatic heterocycles. The molecule has 2 aliphatic carbocycles. The standard InChI is InChI=1S/C54H62N2O11S2/c1-7-21-53(9-3,31-66-41(57)19-23-68-27-39-43-37(25-64-39)45-47(43)51(61)55(49(45)59)35-15-11-33(5)12-16-35)29-63-30-54(10-4,22-8-2)32-67-42(58)20-24-69-28-40-44-38(26-65-40)46-48(44)52(62)56(50(46)60)36-17-13-34(6)14-18-36/h11-18,25,38H,7-10,19-24,26-32H2,1-6H3. The Labute approximate surface area is 410 Å². The van der Waals surface area contributed by atoms with Crippen LogP contribution in [-0.2, 0) is 43.9 Å². The van der Waals surface area contributed by atoms with Gasteiger partial charge < -0.3 is 23.4 Å². The number of fused-ring (bicyclic) bond motifs is 6. The molecule has 2 aromatic carbocycles. The van der Waals surface area contributed by atoms with Crippen molar-refractivity contribution < 1.29 is 42.5 Å². The number of carbonyl (C=O) groups excluding carboxylic acids is 4. The average Bonchev–Trinajstić information content (AvgIpc) is 3.98. The Morgan fingerprint density at radius 2 is 1.25 bits per heavy atom. The summed E-state index contributed by atoms with van der Waals surface area (Å²) in [6.45, 7) is 13.9. The van der Waals surface area contributed by atoms with Crippen LogP contribution >= 0.6 is 23.5 Å². The summed E-state index contributed by atoms with van der Waals surface area (Å²) in [4.78, 5) is 80.7. The largest absolute Gasteiger partial charge is 0.496 e. The van der Waals surface area contributed by atoms with Crippen LogP contribution in [0.5, 0.6) is 0 Å². The number of ether oxygens (including phenoxy) is 4. The number of rotatable bonds is 26. The van der Waals surface area contributed by atoms with Gasteiger partial charge in [0.1, 0.15) is 11.5 Å². The minimum Gasteiger partial charge on any atom is -0.496 e. The highest BCUT2D eigenvalue weighted by atomic mass is 32.2. The summed E-state index contributed by atoms with van der Waals surface area (Å²) in [6, 6.07) is 14.6. The van der Waals surface area contributed by atoms with Crippen LogP contribution < -0.4 is 16.0 Å². The molecular weight excluding hydrogens is 917 g/mol. The summed E-state index contributed by atoms with van der Waals surface area (Å²) >= 11 is 3.05. The summed E-state index contributed by atoms with van der Waals surface area (Å²) in [5, 5.41) is 2.14. The van der Waals surface area contributed by atoms with Gasteiger partial charge in [0, 0.05) is 44.3 Å². The third kappa shape index (κ3) is 9.88. The van der Waals surface area contributed by atoms with E-state index in [1.165, 1.54) is 33.0 Å². The lowest BCUT2D eigenvalue weighted by atomic mass is 9.74. The van der Waals surface area contributed by atoms with Crippen molar-refractivity contribution in [2.45, 2.75) is 98.7 Å². The molecule has 0 fully saturated rings. The Hall–Kier alpha value is -5.38. The monoisotopic (exact) mass is 978 g/mol.